The average Bonchev–Trinajstić information content (AvgIpc) is 3.75. The molecule has 0 bridgehead atoms. The molecule has 1 fully saturated rings. The summed E-state index contributed by atoms with van der Waals surface area (Å²) in [6, 6.07) is 15.7. The van der Waals surface area contributed by atoms with Gasteiger partial charge in [-0.1, -0.05) is 67.8 Å². The largest absolute Gasteiger partial charge is 0.468 e. The first kappa shape index (κ1) is 29.7. The van der Waals surface area contributed by atoms with Crippen molar-refractivity contribution in [3.05, 3.63) is 80.8 Å². The van der Waals surface area contributed by atoms with Gasteiger partial charge in [-0.2, -0.15) is 0 Å². The third-order valence-corrected chi connectivity index (χ3v) is 8.28. The summed E-state index contributed by atoms with van der Waals surface area (Å²) < 4.78 is 13.3. The number of esters is 2. The molecule has 14 heteroatoms. The molecule has 3 heterocycles. The number of tetrazole rings is 1. The number of aromatic amines is 1. The number of hydrogen-bond acceptors (Lipinski definition) is 10. The van der Waals surface area contributed by atoms with E-state index in [4.69, 9.17) is 14.5 Å². The highest BCUT2D eigenvalue weighted by atomic mass is 16.5. The summed E-state index contributed by atoms with van der Waals surface area (Å²) in [7, 11) is 2.39. The number of methoxy groups -OCH3 is 2. The van der Waals surface area contributed by atoms with Gasteiger partial charge in [-0.3, -0.25) is 19.0 Å². The number of hydrogen-bond donors (Lipinski definition) is 1. The number of carbonyl (C=O) groups excluding carboxylic acids is 2. The molecule has 1 N–H and O–H groups in total. The number of ether oxygens (including phenoxy) is 2. The van der Waals surface area contributed by atoms with Gasteiger partial charge in [0.05, 0.1) is 14.2 Å². The molecule has 232 valence electrons. The number of imidazole rings is 1. The SMILES string of the molecule is COC(=O)Cn1c(=O)c2c(nc(C3CCCCC3)n2Cc2ccc(-c3ccccc3-c3nnn[nH]3)cc2)n(CC(=O)OC)c1=O. The molecule has 2 aromatic carbocycles. The molecule has 6 rings (SSSR count). The number of fused-ring (bicyclic) bond motifs is 1. The van der Waals surface area contributed by atoms with Crippen LogP contribution in [0.1, 0.15) is 49.4 Å². The summed E-state index contributed by atoms with van der Waals surface area (Å²) in [6.07, 6.45) is 4.91. The molecule has 1 aliphatic carbocycles. The van der Waals surface area contributed by atoms with Crippen molar-refractivity contribution in [1.82, 2.24) is 39.3 Å². The van der Waals surface area contributed by atoms with Gasteiger partial charge in [-0.05, 0) is 40.0 Å². The second-order valence-electron chi connectivity index (χ2n) is 11.0. The lowest BCUT2D eigenvalue weighted by Crippen LogP contribution is -2.43. The van der Waals surface area contributed by atoms with E-state index in [1.54, 1.807) is 0 Å². The van der Waals surface area contributed by atoms with Crippen molar-refractivity contribution in [1.29, 1.82) is 0 Å². The van der Waals surface area contributed by atoms with Gasteiger partial charge in [-0.15, -0.1) is 5.10 Å². The van der Waals surface area contributed by atoms with E-state index in [1.165, 1.54) is 14.2 Å². The quantitative estimate of drug-likeness (QED) is 0.244. The first-order valence-electron chi connectivity index (χ1n) is 14.7. The van der Waals surface area contributed by atoms with Gasteiger partial charge in [0.25, 0.3) is 5.56 Å². The van der Waals surface area contributed by atoms with E-state index >= 15 is 0 Å². The first-order chi connectivity index (χ1) is 21.9. The van der Waals surface area contributed by atoms with Gasteiger partial charge >= 0.3 is 17.6 Å². The van der Waals surface area contributed by atoms with Crippen molar-refractivity contribution in [2.75, 3.05) is 14.2 Å². The van der Waals surface area contributed by atoms with Crippen molar-refractivity contribution in [2.45, 2.75) is 57.7 Å². The third-order valence-electron chi connectivity index (χ3n) is 8.28. The number of aromatic nitrogens is 8. The second kappa shape index (κ2) is 12.7. The van der Waals surface area contributed by atoms with Gasteiger partial charge in [0, 0.05) is 18.0 Å². The minimum atomic E-state index is -0.840. The molecular weight excluding hydrogens is 580 g/mol. The Bertz CT molecular complexity index is 1970. The summed E-state index contributed by atoms with van der Waals surface area (Å²) in [5, 5.41) is 14.3. The summed E-state index contributed by atoms with van der Waals surface area (Å²) in [5.41, 5.74) is 2.33. The Kier molecular flexibility index (Phi) is 8.36. The third kappa shape index (κ3) is 5.78. The van der Waals surface area contributed by atoms with Crippen LogP contribution in [0, 0.1) is 0 Å². The van der Waals surface area contributed by atoms with Crippen LogP contribution in [-0.4, -0.2) is 65.5 Å². The molecule has 0 saturated heterocycles. The highest BCUT2D eigenvalue weighted by molar-refractivity contribution is 5.80. The first-order valence-corrected chi connectivity index (χ1v) is 14.7. The predicted molar refractivity (Wildman–Crippen MR) is 162 cm³/mol. The van der Waals surface area contributed by atoms with Crippen LogP contribution >= 0.6 is 0 Å². The van der Waals surface area contributed by atoms with Crippen LogP contribution in [-0.2, 0) is 38.7 Å². The van der Waals surface area contributed by atoms with Crippen LogP contribution < -0.4 is 11.2 Å². The number of H-pyrrole nitrogens is 1. The van der Waals surface area contributed by atoms with E-state index in [0.29, 0.717) is 11.6 Å². The van der Waals surface area contributed by atoms with Crippen LogP contribution in [0.2, 0.25) is 0 Å². The molecule has 0 atom stereocenters. The zero-order valence-electron chi connectivity index (χ0n) is 24.9. The van der Waals surface area contributed by atoms with Crippen molar-refractivity contribution in [2.24, 2.45) is 0 Å². The van der Waals surface area contributed by atoms with Crippen molar-refractivity contribution in [3.63, 3.8) is 0 Å². The molecule has 5 aromatic rings. The van der Waals surface area contributed by atoms with Gasteiger partial charge < -0.3 is 14.0 Å². The molecule has 3 aromatic heterocycles. The summed E-state index contributed by atoms with van der Waals surface area (Å²) in [5.74, 6) is -0.176. The van der Waals surface area contributed by atoms with Crippen LogP contribution in [0.3, 0.4) is 0 Å². The number of benzene rings is 2. The van der Waals surface area contributed by atoms with Crippen LogP contribution in [0.25, 0.3) is 33.7 Å². The highest BCUT2D eigenvalue weighted by Gasteiger charge is 2.28. The minimum absolute atomic E-state index is 0.0583. The van der Waals surface area contributed by atoms with Gasteiger partial charge in [0.2, 0.25) is 0 Å². The smallest absolute Gasteiger partial charge is 0.333 e. The minimum Gasteiger partial charge on any atom is -0.468 e. The lowest BCUT2D eigenvalue weighted by molar-refractivity contribution is -0.141. The summed E-state index contributed by atoms with van der Waals surface area (Å²) in [4.78, 5) is 56.9. The van der Waals surface area contributed by atoms with Crippen molar-refractivity contribution in [3.8, 4) is 22.5 Å². The second-order valence-corrected chi connectivity index (χ2v) is 11.0. The molecule has 0 spiro atoms. The lowest BCUT2D eigenvalue weighted by atomic mass is 9.88. The number of nitrogens with zero attached hydrogens (tertiary/aromatic N) is 7. The molecule has 1 saturated carbocycles. The molecule has 0 unspecified atom stereocenters. The fraction of sp³-hybridized carbons (Fsp3) is 0.355. The Hall–Kier alpha value is -5.40. The standard InChI is InChI=1S/C31H32N8O6/c1-44-24(40)17-38-29-26(30(42)39(31(38)43)18-25(41)45-2)37(28(32-29)21-8-4-3-5-9-21)16-19-12-14-20(15-13-19)22-10-6-7-11-23(22)27-33-35-36-34-27/h6-7,10-15,21H,3-5,8-9,16-18H2,1-2H3,(H,33,34,35,36). The molecule has 0 aliphatic heterocycles. The van der Waals surface area contributed by atoms with Crippen LogP contribution in [0.15, 0.2) is 58.1 Å². The van der Waals surface area contributed by atoms with E-state index < -0.39 is 36.3 Å². The summed E-state index contributed by atoms with van der Waals surface area (Å²) in [6.45, 7) is -0.798. The topological polar surface area (TPSA) is 169 Å². The lowest BCUT2D eigenvalue weighted by Gasteiger charge is -2.22. The number of nitrogens with one attached hydrogen (secondary N) is 1. The van der Waals surface area contributed by atoms with E-state index in [2.05, 4.69) is 20.6 Å². The van der Waals surface area contributed by atoms with Gasteiger partial charge in [-0.25, -0.2) is 19.4 Å². The molecule has 0 radical (unpaired) electrons. The van der Waals surface area contributed by atoms with Crippen LogP contribution in [0.5, 0.6) is 0 Å². The molecular formula is C31H32N8O6. The zero-order valence-corrected chi connectivity index (χ0v) is 24.9. The van der Waals surface area contributed by atoms with Gasteiger partial charge in [0.15, 0.2) is 17.0 Å². The van der Waals surface area contributed by atoms with E-state index in [1.807, 2.05) is 53.1 Å². The Morgan fingerprint density at radius 1 is 0.867 bits per heavy atom. The predicted octanol–water partition coefficient (Wildman–Crippen LogP) is 2.65. The maximum absolute atomic E-state index is 14.0. The maximum Gasteiger partial charge on any atom is 0.333 e. The monoisotopic (exact) mass is 612 g/mol. The Balaban J connectivity index is 1.48. The molecule has 45 heavy (non-hydrogen) atoms. The van der Waals surface area contributed by atoms with Crippen LogP contribution in [0.4, 0.5) is 0 Å². The van der Waals surface area contributed by atoms with Crippen molar-refractivity contribution < 1.29 is 19.1 Å². The fourth-order valence-electron chi connectivity index (χ4n) is 6.00. The van der Waals surface area contributed by atoms with Gasteiger partial charge in [0.1, 0.15) is 18.9 Å². The van der Waals surface area contributed by atoms with Crippen molar-refractivity contribution >= 4 is 23.1 Å². The van der Waals surface area contributed by atoms with E-state index in [-0.39, 0.29) is 23.6 Å². The van der Waals surface area contributed by atoms with E-state index in [9.17, 15) is 19.2 Å². The summed E-state index contributed by atoms with van der Waals surface area (Å²) >= 11 is 0. The zero-order chi connectivity index (χ0) is 31.5. The number of carbonyl (C=O) groups is 2. The number of rotatable bonds is 9. The normalized spacial score (nSPS) is 13.6. The van der Waals surface area contributed by atoms with E-state index in [0.717, 1.165) is 63.5 Å². The molecule has 1 aliphatic rings. The highest BCUT2D eigenvalue weighted by Crippen LogP contribution is 2.34. The Labute approximate surface area is 256 Å². The maximum atomic E-state index is 14.0. The average molecular weight is 613 g/mol. The Morgan fingerprint density at radius 3 is 2.18 bits per heavy atom. The molecule has 0 amide bonds. The Morgan fingerprint density at radius 2 is 1.53 bits per heavy atom. The molecule has 14 nitrogen and oxygen atoms in total. The fourth-order valence-corrected chi connectivity index (χ4v) is 6.00.